The lowest BCUT2D eigenvalue weighted by Gasteiger charge is -2.48. The van der Waals surface area contributed by atoms with Gasteiger partial charge in [-0.05, 0) is 112 Å². The van der Waals surface area contributed by atoms with E-state index in [1.165, 1.54) is 11.1 Å². The average Bonchev–Trinajstić information content (AvgIpc) is 3.11. The summed E-state index contributed by atoms with van der Waals surface area (Å²) < 4.78 is 22.4. The third kappa shape index (κ3) is 6.29. The van der Waals surface area contributed by atoms with Crippen LogP contribution in [0.2, 0.25) is 5.02 Å². The van der Waals surface area contributed by atoms with E-state index < -0.39 is 16.6 Å². The van der Waals surface area contributed by atoms with Gasteiger partial charge in [0.25, 0.3) is 5.91 Å². The normalized spacial score (nSPS) is 34.6. The number of nitrogens with zero attached hydrogens (tertiary/aromatic N) is 1. The number of rotatable bonds is 0. The molecule has 43 heavy (non-hydrogen) atoms. The third-order valence-corrected chi connectivity index (χ3v) is 12.0. The fourth-order valence-corrected chi connectivity index (χ4v) is 8.60. The van der Waals surface area contributed by atoms with Gasteiger partial charge < -0.3 is 19.5 Å². The van der Waals surface area contributed by atoms with Crippen LogP contribution < -0.4 is 14.4 Å². The van der Waals surface area contributed by atoms with Crippen molar-refractivity contribution in [2.45, 2.75) is 75.6 Å². The summed E-state index contributed by atoms with van der Waals surface area (Å²) in [5.41, 5.74) is 2.81. The minimum absolute atomic E-state index is 0.0775. The number of carbonyl (C=O) groups excluding carboxylic acids is 2. The number of aryl methyl sites for hydroxylation is 1. The lowest BCUT2D eigenvalue weighted by atomic mass is 9.64. The Kier molecular flexibility index (Phi) is 9.40. The van der Waals surface area contributed by atoms with Crippen LogP contribution in [-0.4, -0.2) is 52.6 Å². The van der Waals surface area contributed by atoms with Crippen LogP contribution in [0.25, 0.3) is 0 Å². The number of aliphatic hydroxyl groups is 1. The number of benzene rings is 2. The maximum atomic E-state index is 13.3. The Morgan fingerprint density at radius 1 is 1.16 bits per heavy atom. The van der Waals surface area contributed by atoms with E-state index in [-0.39, 0.29) is 28.4 Å². The molecule has 7 nitrogen and oxygen atoms in total. The molecule has 2 N–H and O–H groups in total. The average molecular weight is 627 g/mol. The molecule has 232 valence electrons. The molecule has 2 aliphatic heterocycles. The first kappa shape index (κ1) is 31.7. The van der Waals surface area contributed by atoms with E-state index in [4.69, 9.17) is 21.1 Å². The van der Waals surface area contributed by atoms with E-state index in [2.05, 4.69) is 21.8 Å². The first-order valence-electron chi connectivity index (χ1n) is 15.3. The number of amides is 1. The number of allylic oxidation sites excluding steroid dienone is 1. The summed E-state index contributed by atoms with van der Waals surface area (Å²) in [6, 6.07) is 11.8. The summed E-state index contributed by atoms with van der Waals surface area (Å²) in [6.07, 6.45) is 9.75. The van der Waals surface area contributed by atoms with Crippen molar-refractivity contribution >= 4 is 41.0 Å². The smallest absolute Gasteiger partial charge is 0.263 e. The van der Waals surface area contributed by atoms with Gasteiger partial charge in [0.1, 0.15) is 23.5 Å². The Bertz CT molecular complexity index is 1410. The van der Waals surface area contributed by atoms with Crippen molar-refractivity contribution in [2.24, 2.45) is 17.8 Å². The van der Waals surface area contributed by atoms with Gasteiger partial charge in [0, 0.05) is 29.1 Å². The second kappa shape index (κ2) is 12.7. The lowest BCUT2D eigenvalue weighted by molar-refractivity contribution is -0.0980. The maximum absolute atomic E-state index is 13.3. The van der Waals surface area contributed by atoms with Gasteiger partial charge in [0.15, 0.2) is 0 Å². The summed E-state index contributed by atoms with van der Waals surface area (Å²) in [6.45, 7) is 9.93. The van der Waals surface area contributed by atoms with Crippen LogP contribution in [0.1, 0.15) is 74.4 Å². The van der Waals surface area contributed by atoms with E-state index in [1.54, 1.807) is 6.07 Å². The van der Waals surface area contributed by atoms with Gasteiger partial charge in [-0.2, -0.15) is 0 Å². The van der Waals surface area contributed by atoms with Crippen LogP contribution in [0.3, 0.4) is 0 Å². The molecule has 0 aromatic heterocycles. The number of fused-ring (bicyclic) bond motifs is 4. The van der Waals surface area contributed by atoms with Crippen LogP contribution in [0.5, 0.6) is 5.75 Å². The summed E-state index contributed by atoms with van der Waals surface area (Å²) in [5.74, 6) is 0.940. The van der Waals surface area contributed by atoms with Gasteiger partial charge in [0.2, 0.25) is 0 Å². The summed E-state index contributed by atoms with van der Waals surface area (Å²) in [5, 5.41) is 12.1. The number of carbonyl (C=O) groups is 2. The zero-order valence-electron chi connectivity index (χ0n) is 25.3. The van der Waals surface area contributed by atoms with Gasteiger partial charge in [-0.25, -0.2) is 4.21 Å². The van der Waals surface area contributed by atoms with Crippen LogP contribution in [-0.2, 0) is 27.6 Å². The van der Waals surface area contributed by atoms with Crippen LogP contribution >= 0.6 is 11.6 Å². The lowest BCUT2D eigenvalue weighted by Crippen LogP contribution is -2.51. The molecule has 4 aliphatic rings. The molecule has 1 amide bonds. The van der Waals surface area contributed by atoms with Crippen LogP contribution in [0.4, 0.5) is 5.69 Å². The van der Waals surface area contributed by atoms with Gasteiger partial charge in [-0.1, -0.05) is 36.7 Å². The summed E-state index contributed by atoms with van der Waals surface area (Å²) in [7, 11) is -1.54. The molecule has 7 atom stereocenters. The van der Waals surface area contributed by atoms with Crippen molar-refractivity contribution in [2.75, 3.05) is 24.6 Å². The highest BCUT2D eigenvalue weighted by atomic mass is 35.5. The quantitative estimate of drug-likeness (QED) is 0.360. The minimum Gasteiger partial charge on any atom is -0.490 e. The molecule has 2 heterocycles. The molecule has 0 saturated heterocycles. The van der Waals surface area contributed by atoms with E-state index >= 15 is 0 Å². The molecule has 6 rings (SSSR count). The van der Waals surface area contributed by atoms with Gasteiger partial charge in [-0.3, -0.25) is 9.52 Å². The Hall–Kier alpha value is -2.68. The zero-order valence-corrected chi connectivity index (χ0v) is 26.9. The number of hydrogen-bond donors (Lipinski definition) is 2. The highest BCUT2D eigenvalue weighted by Gasteiger charge is 2.46. The maximum Gasteiger partial charge on any atom is 0.263 e. The predicted octanol–water partition coefficient (Wildman–Crippen LogP) is 5.78. The third-order valence-electron chi connectivity index (χ3n) is 10.2. The molecular weight excluding hydrogens is 584 g/mol. The topological polar surface area (TPSA) is 95.9 Å². The molecule has 0 radical (unpaired) electrons. The number of halogens is 1. The first-order chi connectivity index (χ1) is 20.6. The highest BCUT2D eigenvalue weighted by molar-refractivity contribution is 7.84. The van der Waals surface area contributed by atoms with E-state index in [9.17, 15) is 14.1 Å². The zero-order chi connectivity index (χ0) is 30.9. The molecule has 9 heteroatoms. The predicted molar refractivity (Wildman–Crippen MR) is 172 cm³/mol. The van der Waals surface area contributed by atoms with Crippen molar-refractivity contribution in [3.63, 3.8) is 0 Å². The van der Waals surface area contributed by atoms with E-state index in [0.717, 1.165) is 61.7 Å². The second-order valence-electron chi connectivity index (χ2n) is 13.0. The minimum atomic E-state index is -1.54. The van der Waals surface area contributed by atoms with Crippen molar-refractivity contribution in [1.82, 2.24) is 4.72 Å². The molecule has 5 unspecified atom stereocenters. The fourth-order valence-electron chi connectivity index (χ4n) is 7.39. The van der Waals surface area contributed by atoms with Crippen molar-refractivity contribution in [1.29, 1.82) is 0 Å². The standard InChI is InChI=1S/C33H41ClN2O4S.CH2O/c1-21-6-4-14-32(3,38)27-11-8-25(27)18-36-19-33(15-5-7-23-16-26(34)10-12-28(23)33)20-40-30-13-9-24(17-29(30)36)31(37)35-41(39)22(21)2;1-2/h4,9-10,12-14,16-17,21-22,25,27,38H,5-8,11,15,18-20H2,1-3H3,(H,35,37);1H2/b14-4+;/t21?,22?,25?,27?,32-,33-,41?;/m0./s1. The first-order valence-corrected chi connectivity index (χ1v) is 16.9. The van der Waals surface area contributed by atoms with Crippen LogP contribution in [0.15, 0.2) is 48.6 Å². The molecule has 2 aromatic rings. The molecule has 1 spiro atoms. The number of anilines is 1. The molecule has 1 fully saturated rings. The molecule has 2 aromatic carbocycles. The second-order valence-corrected chi connectivity index (χ2v) is 15.0. The fraction of sp³-hybridized carbons (Fsp3) is 0.529. The van der Waals surface area contributed by atoms with Crippen molar-refractivity contribution < 1.29 is 23.6 Å². The Morgan fingerprint density at radius 2 is 1.95 bits per heavy atom. The van der Waals surface area contributed by atoms with Gasteiger partial charge in [0.05, 0.1) is 23.1 Å². The number of nitrogens with one attached hydrogen (secondary N) is 1. The van der Waals surface area contributed by atoms with E-state index in [0.29, 0.717) is 24.5 Å². The monoisotopic (exact) mass is 626 g/mol. The molecular formula is C34H43ClN2O5S. The van der Waals surface area contributed by atoms with Gasteiger partial charge in [-0.15, -0.1) is 0 Å². The number of ether oxygens (including phenoxy) is 1. The Morgan fingerprint density at radius 3 is 2.70 bits per heavy atom. The van der Waals surface area contributed by atoms with Crippen LogP contribution in [0, 0.1) is 17.8 Å². The molecule has 2 bridgehead atoms. The van der Waals surface area contributed by atoms with E-state index in [1.807, 2.05) is 57.9 Å². The van der Waals surface area contributed by atoms with Crippen molar-refractivity contribution in [3.05, 3.63) is 70.3 Å². The number of hydrogen-bond acceptors (Lipinski definition) is 6. The SMILES string of the molecule is C=O.CC1C/C=C/[C@](C)(O)C2CCC2CN2C[C@@]3(CCCc4cc(Cl)ccc43)COc3ccc(cc32)C(=O)NS(=O)C1C. The Balaban J connectivity index is 0.00000180. The molecule has 1 saturated carbocycles. The largest absolute Gasteiger partial charge is 0.490 e. The summed E-state index contributed by atoms with van der Waals surface area (Å²) in [4.78, 5) is 23.7. The van der Waals surface area contributed by atoms with Gasteiger partial charge >= 0.3 is 0 Å². The van der Waals surface area contributed by atoms with Crippen molar-refractivity contribution in [3.8, 4) is 5.75 Å². The summed E-state index contributed by atoms with van der Waals surface area (Å²) >= 11 is 6.40. The Labute approximate surface area is 262 Å². The molecule has 2 aliphatic carbocycles. The highest BCUT2D eigenvalue weighted by Crippen LogP contribution is 2.48.